The Morgan fingerprint density at radius 3 is 1.67 bits per heavy atom. The largest absolute Gasteiger partial charge is 0.497 e. The Hall–Kier alpha value is -2.58. The highest BCUT2D eigenvalue weighted by Crippen LogP contribution is 2.17. The SMILES string of the molecule is COc1cccc(CN(Cc2ccccc2)Cc2ccccc2)c1. The summed E-state index contributed by atoms with van der Waals surface area (Å²) in [5.41, 5.74) is 3.92. The Morgan fingerprint density at radius 1 is 0.625 bits per heavy atom. The zero-order valence-corrected chi connectivity index (χ0v) is 14.1. The normalized spacial score (nSPS) is 10.8. The molecule has 0 unspecified atom stereocenters. The van der Waals surface area contributed by atoms with Crippen LogP contribution in [0, 0.1) is 0 Å². The molecular formula is C22H23NO. The maximum Gasteiger partial charge on any atom is 0.119 e. The average Bonchev–Trinajstić information content (AvgIpc) is 2.63. The van der Waals surface area contributed by atoms with Crippen molar-refractivity contribution in [2.24, 2.45) is 0 Å². The van der Waals surface area contributed by atoms with Crippen LogP contribution in [0.25, 0.3) is 0 Å². The maximum absolute atomic E-state index is 5.35. The smallest absolute Gasteiger partial charge is 0.119 e. The Morgan fingerprint density at radius 2 is 1.12 bits per heavy atom. The number of rotatable bonds is 7. The molecule has 0 atom stereocenters. The van der Waals surface area contributed by atoms with Crippen LogP contribution in [-0.2, 0) is 19.6 Å². The second-order valence-corrected chi connectivity index (χ2v) is 5.97. The van der Waals surface area contributed by atoms with Crippen LogP contribution in [0.4, 0.5) is 0 Å². The summed E-state index contributed by atoms with van der Waals surface area (Å²) in [5, 5.41) is 0. The number of nitrogens with zero attached hydrogens (tertiary/aromatic N) is 1. The molecule has 3 aromatic rings. The molecule has 0 heterocycles. The molecule has 2 nitrogen and oxygen atoms in total. The second-order valence-electron chi connectivity index (χ2n) is 5.97. The minimum absolute atomic E-state index is 0.890. The Labute approximate surface area is 144 Å². The number of benzene rings is 3. The van der Waals surface area contributed by atoms with E-state index in [4.69, 9.17) is 4.74 Å². The lowest BCUT2D eigenvalue weighted by Gasteiger charge is -2.23. The third kappa shape index (κ3) is 4.71. The fourth-order valence-electron chi connectivity index (χ4n) is 2.88. The molecule has 0 aliphatic rings. The van der Waals surface area contributed by atoms with Gasteiger partial charge in [-0.15, -0.1) is 0 Å². The summed E-state index contributed by atoms with van der Waals surface area (Å²) < 4.78 is 5.35. The van der Waals surface area contributed by atoms with Crippen LogP contribution in [0.5, 0.6) is 5.75 Å². The van der Waals surface area contributed by atoms with E-state index in [-0.39, 0.29) is 0 Å². The second kappa shape index (κ2) is 8.32. The first-order valence-corrected chi connectivity index (χ1v) is 8.26. The summed E-state index contributed by atoms with van der Waals surface area (Å²) in [6, 6.07) is 29.6. The van der Waals surface area contributed by atoms with E-state index in [1.165, 1.54) is 16.7 Å². The van der Waals surface area contributed by atoms with Gasteiger partial charge in [-0.05, 0) is 28.8 Å². The number of hydrogen-bond acceptors (Lipinski definition) is 2. The van der Waals surface area contributed by atoms with Crippen LogP contribution in [0.2, 0.25) is 0 Å². The molecule has 3 rings (SSSR count). The third-order valence-corrected chi connectivity index (χ3v) is 4.04. The van der Waals surface area contributed by atoms with Gasteiger partial charge in [0.2, 0.25) is 0 Å². The molecule has 0 amide bonds. The molecule has 0 aliphatic carbocycles. The Kier molecular flexibility index (Phi) is 5.65. The minimum atomic E-state index is 0.890. The topological polar surface area (TPSA) is 12.5 Å². The van der Waals surface area contributed by atoms with Crippen molar-refractivity contribution in [1.82, 2.24) is 4.90 Å². The van der Waals surface area contributed by atoms with Gasteiger partial charge in [-0.25, -0.2) is 0 Å². The summed E-state index contributed by atoms with van der Waals surface area (Å²) in [7, 11) is 1.71. The van der Waals surface area contributed by atoms with Gasteiger partial charge >= 0.3 is 0 Å². The zero-order chi connectivity index (χ0) is 16.6. The predicted molar refractivity (Wildman–Crippen MR) is 98.8 cm³/mol. The van der Waals surface area contributed by atoms with Crippen molar-refractivity contribution in [2.45, 2.75) is 19.6 Å². The lowest BCUT2D eigenvalue weighted by molar-refractivity contribution is 0.247. The first kappa shape index (κ1) is 16.3. The predicted octanol–water partition coefficient (Wildman–Crippen LogP) is 4.90. The lowest BCUT2D eigenvalue weighted by atomic mass is 10.1. The number of ether oxygens (including phenoxy) is 1. The van der Waals surface area contributed by atoms with Gasteiger partial charge < -0.3 is 4.74 Å². The van der Waals surface area contributed by atoms with Crippen LogP contribution in [0.3, 0.4) is 0 Å². The van der Waals surface area contributed by atoms with Gasteiger partial charge in [0.05, 0.1) is 7.11 Å². The quantitative estimate of drug-likeness (QED) is 0.614. The minimum Gasteiger partial charge on any atom is -0.497 e. The highest BCUT2D eigenvalue weighted by Gasteiger charge is 2.09. The summed E-state index contributed by atoms with van der Waals surface area (Å²) in [6.07, 6.45) is 0. The highest BCUT2D eigenvalue weighted by atomic mass is 16.5. The van der Waals surface area contributed by atoms with E-state index >= 15 is 0 Å². The Bertz CT molecular complexity index is 699. The van der Waals surface area contributed by atoms with E-state index < -0.39 is 0 Å². The van der Waals surface area contributed by atoms with Crippen LogP contribution >= 0.6 is 0 Å². The average molecular weight is 317 g/mol. The van der Waals surface area contributed by atoms with Crippen molar-refractivity contribution >= 4 is 0 Å². The fraction of sp³-hybridized carbons (Fsp3) is 0.182. The van der Waals surface area contributed by atoms with Gasteiger partial charge in [-0.3, -0.25) is 4.90 Å². The van der Waals surface area contributed by atoms with Gasteiger partial charge in [0.1, 0.15) is 5.75 Å². The molecule has 0 radical (unpaired) electrons. The van der Waals surface area contributed by atoms with E-state index in [1.54, 1.807) is 7.11 Å². The molecular weight excluding hydrogens is 294 g/mol. The third-order valence-electron chi connectivity index (χ3n) is 4.04. The van der Waals surface area contributed by atoms with Gasteiger partial charge in [-0.2, -0.15) is 0 Å². The summed E-state index contributed by atoms with van der Waals surface area (Å²) >= 11 is 0. The van der Waals surface area contributed by atoms with Crippen molar-refractivity contribution in [3.8, 4) is 5.75 Å². The molecule has 2 heteroatoms. The molecule has 122 valence electrons. The fourth-order valence-corrected chi connectivity index (χ4v) is 2.88. The van der Waals surface area contributed by atoms with E-state index in [9.17, 15) is 0 Å². The lowest BCUT2D eigenvalue weighted by Crippen LogP contribution is -2.22. The number of hydrogen-bond donors (Lipinski definition) is 0. The summed E-state index contributed by atoms with van der Waals surface area (Å²) in [5.74, 6) is 0.909. The van der Waals surface area contributed by atoms with Crippen LogP contribution in [-0.4, -0.2) is 12.0 Å². The molecule has 24 heavy (non-hydrogen) atoms. The van der Waals surface area contributed by atoms with Crippen LogP contribution in [0.15, 0.2) is 84.9 Å². The molecule has 0 aliphatic heterocycles. The zero-order valence-electron chi connectivity index (χ0n) is 14.1. The van der Waals surface area contributed by atoms with Crippen molar-refractivity contribution in [3.05, 3.63) is 102 Å². The molecule has 0 fully saturated rings. The molecule has 0 saturated heterocycles. The van der Waals surface area contributed by atoms with E-state index in [2.05, 4.69) is 83.8 Å². The van der Waals surface area contributed by atoms with Gasteiger partial charge in [0.15, 0.2) is 0 Å². The van der Waals surface area contributed by atoms with E-state index in [0.29, 0.717) is 0 Å². The molecule has 0 spiro atoms. The molecule has 0 N–H and O–H groups in total. The molecule has 3 aromatic carbocycles. The maximum atomic E-state index is 5.35. The van der Waals surface area contributed by atoms with Crippen LogP contribution < -0.4 is 4.74 Å². The van der Waals surface area contributed by atoms with Crippen molar-refractivity contribution in [3.63, 3.8) is 0 Å². The summed E-state index contributed by atoms with van der Waals surface area (Å²) in [6.45, 7) is 2.74. The standard InChI is InChI=1S/C22H23NO/c1-24-22-14-8-13-21(15-22)18-23(16-19-9-4-2-5-10-19)17-20-11-6-3-7-12-20/h2-15H,16-18H2,1H3. The van der Waals surface area contributed by atoms with E-state index in [0.717, 1.165) is 25.4 Å². The van der Waals surface area contributed by atoms with Crippen LogP contribution in [0.1, 0.15) is 16.7 Å². The highest BCUT2D eigenvalue weighted by molar-refractivity contribution is 5.28. The van der Waals surface area contributed by atoms with Gasteiger partial charge in [0, 0.05) is 19.6 Å². The van der Waals surface area contributed by atoms with Gasteiger partial charge in [0.25, 0.3) is 0 Å². The van der Waals surface area contributed by atoms with Gasteiger partial charge in [-0.1, -0.05) is 72.8 Å². The first-order chi connectivity index (χ1) is 11.8. The molecule has 0 aromatic heterocycles. The monoisotopic (exact) mass is 317 g/mol. The van der Waals surface area contributed by atoms with Crippen molar-refractivity contribution in [2.75, 3.05) is 7.11 Å². The Balaban J connectivity index is 1.78. The summed E-state index contributed by atoms with van der Waals surface area (Å²) in [4.78, 5) is 2.46. The molecule has 0 bridgehead atoms. The number of methoxy groups -OCH3 is 1. The van der Waals surface area contributed by atoms with Crippen molar-refractivity contribution < 1.29 is 4.74 Å². The van der Waals surface area contributed by atoms with E-state index in [1.807, 2.05) is 6.07 Å². The van der Waals surface area contributed by atoms with Crippen molar-refractivity contribution in [1.29, 1.82) is 0 Å². The first-order valence-electron chi connectivity index (χ1n) is 8.26. The molecule has 0 saturated carbocycles.